The van der Waals surface area contributed by atoms with Gasteiger partial charge in [-0.3, -0.25) is 8.42 Å². The fourth-order valence-corrected chi connectivity index (χ4v) is 3.36. The highest BCUT2D eigenvalue weighted by molar-refractivity contribution is 7.80. The molecule has 0 radical (unpaired) electrons. The molecule has 0 bridgehead atoms. The minimum Gasteiger partial charge on any atom is -0.768 e. The summed E-state index contributed by atoms with van der Waals surface area (Å²) in [7, 11) is 0. The van der Waals surface area contributed by atoms with Crippen LogP contribution in [0.3, 0.4) is 0 Å². The zero-order valence-electron chi connectivity index (χ0n) is 9.45. The van der Waals surface area contributed by atoms with Crippen molar-refractivity contribution >= 4 is 22.2 Å². The molecule has 0 saturated heterocycles. The van der Waals surface area contributed by atoms with Gasteiger partial charge in [0.05, 0.1) is 0 Å². The zero-order chi connectivity index (χ0) is 12.6. The summed E-state index contributed by atoms with van der Waals surface area (Å²) in [4.78, 5) is 0.171. The van der Waals surface area contributed by atoms with E-state index in [1.54, 1.807) is 20.8 Å². The molecule has 0 heterocycles. The number of rotatable bonds is 2. The summed E-state index contributed by atoms with van der Waals surface area (Å²) >= 11 is -4.84. The van der Waals surface area contributed by atoms with E-state index < -0.39 is 22.2 Å². The van der Waals surface area contributed by atoms with E-state index in [4.69, 9.17) is 0 Å². The first-order chi connectivity index (χ1) is 7.29. The van der Waals surface area contributed by atoms with E-state index >= 15 is 0 Å². The molecule has 1 rings (SSSR count). The minimum atomic E-state index is -2.42. The first-order valence-electron chi connectivity index (χ1n) is 4.57. The standard InChI is InChI=1S/C10H14O4S2/c1-5-6(2)9(15(11)12)8(4)10(7(5)3)16(13)14/h1-4H3,(H,11,12)(H,13,14)/p-2. The lowest BCUT2D eigenvalue weighted by Gasteiger charge is -2.22. The van der Waals surface area contributed by atoms with Gasteiger partial charge in [-0.15, -0.1) is 0 Å². The smallest absolute Gasteiger partial charge is 0.0321 e. The van der Waals surface area contributed by atoms with Gasteiger partial charge in [-0.2, -0.15) is 0 Å². The van der Waals surface area contributed by atoms with E-state index in [1.165, 1.54) is 6.92 Å². The van der Waals surface area contributed by atoms with Crippen LogP contribution in [0.5, 0.6) is 0 Å². The third kappa shape index (κ3) is 2.10. The first kappa shape index (κ1) is 13.5. The fraction of sp³-hybridized carbons (Fsp3) is 0.400. The summed E-state index contributed by atoms with van der Waals surface area (Å²) in [5.41, 5.74) is 2.21. The maximum atomic E-state index is 11.1. The Bertz CT molecular complexity index is 453. The van der Waals surface area contributed by atoms with Gasteiger partial charge in [-0.25, -0.2) is 0 Å². The molecule has 16 heavy (non-hydrogen) atoms. The highest BCUT2D eigenvalue weighted by Gasteiger charge is 2.15. The monoisotopic (exact) mass is 260 g/mol. The Morgan fingerprint density at radius 1 is 0.688 bits per heavy atom. The molecule has 0 spiro atoms. The van der Waals surface area contributed by atoms with E-state index in [-0.39, 0.29) is 9.79 Å². The lowest BCUT2D eigenvalue weighted by molar-refractivity contribution is 0.532. The molecular weight excluding hydrogens is 248 g/mol. The zero-order valence-corrected chi connectivity index (χ0v) is 11.1. The van der Waals surface area contributed by atoms with Gasteiger partial charge in [0.2, 0.25) is 0 Å². The van der Waals surface area contributed by atoms with E-state index in [1.807, 2.05) is 0 Å². The SMILES string of the molecule is Cc1c(C)c(S(=O)[O-])c(C)c(S(=O)[O-])c1C. The van der Waals surface area contributed by atoms with Crippen LogP contribution in [0.4, 0.5) is 0 Å². The molecule has 0 aromatic heterocycles. The van der Waals surface area contributed by atoms with Gasteiger partial charge in [-0.05, 0) is 72.1 Å². The van der Waals surface area contributed by atoms with Crippen LogP contribution < -0.4 is 0 Å². The molecule has 1 aromatic carbocycles. The van der Waals surface area contributed by atoms with E-state index in [0.717, 1.165) is 0 Å². The van der Waals surface area contributed by atoms with Crippen LogP contribution in [0.1, 0.15) is 22.3 Å². The predicted octanol–water partition coefficient (Wildman–Crippen LogP) is 1.40. The summed E-state index contributed by atoms with van der Waals surface area (Å²) in [5.74, 6) is 0. The van der Waals surface area contributed by atoms with Crippen molar-refractivity contribution in [1.82, 2.24) is 0 Å². The topological polar surface area (TPSA) is 80.3 Å². The van der Waals surface area contributed by atoms with Crippen LogP contribution in [0.2, 0.25) is 0 Å². The number of hydrogen-bond acceptors (Lipinski definition) is 4. The Kier molecular flexibility index (Phi) is 4.01. The molecule has 0 N–H and O–H groups in total. The first-order valence-corrected chi connectivity index (χ1v) is 6.72. The highest BCUT2D eigenvalue weighted by Crippen LogP contribution is 2.30. The highest BCUT2D eigenvalue weighted by atomic mass is 32.2. The van der Waals surface area contributed by atoms with Crippen LogP contribution in [0.25, 0.3) is 0 Å². The molecular formula is C10H12O4S2-2. The Hall–Kier alpha value is -0.560. The van der Waals surface area contributed by atoms with Crippen molar-refractivity contribution in [3.05, 3.63) is 22.3 Å². The third-order valence-electron chi connectivity index (χ3n) is 2.82. The molecule has 0 aliphatic heterocycles. The van der Waals surface area contributed by atoms with Crippen LogP contribution in [-0.4, -0.2) is 17.5 Å². The fourth-order valence-electron chi connectivity index (χ4n) is 1.79. The summed E-state index contributed by atoms with van der Waals surface area (Å²) in [6.07, 6.45) is 0. The number of hydrogen-bond donors (Lipinski definition) is 0. The van der Waals surface area contributed by atoms with Gasteiger partial charge in [0.25, 0.3) is 0 Å². The molecule has 0 aliphatic rings. The Balaban J connectivity index is 3.80. The molecule has 6 heteroatoms. The van der Waals surface area contributed by atoms with Crippen LogP contribution in [-0.2, 0) is 22.2 Å². The average molecular weight is 260 g/mol. The van der Waals surface area contributed by atoms with Crippen molar-refractivity contribution in [2.45, 2.75) is 37.5 Å². The normalized spacial score (nSPS) is 14.9. The molecule has 0 aliphatic carbocycles. The van der Waals surface area contributed by atoms with Gasteiger partial charge in [-0.1, -0.05) is 0 Å². The molecule has 1 aromatic rings. The van der Waals surface area contributed by atoms with Crippen molar-refractivity contribution in [1.29, 1.82) is 0 Å². The maximum Gasteiger partial charge on any atom is 0.0321 e. The quantitative estimate of drug-likeness (QED) is 0.753. The summed E-state index contributed by atoms with van der Waals surface area (Å²) in [5, 5.41) is 0. The molecule has 0 amide bonds. The van der Waals surface area contributed by atoms with Crippen molar-refractivity contribution in [3.8, 4) is 0 Å². The van der Waals surface area contributed by atoms with Crippen LogP contribution in [0.15, 0.2) is 9.79 Å². The van der Waals surface area contributed by atoms with Gasteiger partial charge in [0.1, 0.15) is 0 Å². The molecule has 0 saturated carbocycles. The van der Waals surface area contributed by atoms with Crippen LogP contribution in [0, 0.1) is 27.7 Å². The third-order valence-corrected chi connectivity index (χ3v) is 4.71. The largest absolute Gasteiger partial charge is 0.768 e. The van der Waals surface area contributed by atoms with Crippen LogP contribution >= 0.6 is 0 Å². The van der Waals surface area contributed by atoms with Gasteiger partial charge in [0.15, 0.2) is 0 Å². The lowest BCUT2D eigenvalue weighted by atomic mass is 10.0. The number of benzene rings is 1. The van der Waals surface area contributed by atoms with E-state index in [0.29, 0.717) is 22.3 Å². The average Bonchev–Trinajstić information content (AvgIpc) is 2.13. The summed E-state index contributed by atoms with van der Waals surface area (Å²) < 4.78 is 44.3. The Morgan fingerprint density at radius 3 is 1.25 bits per heavy atom. The second kappa shape index (κ2) is 4.75. The lowest BCUT2D eigenvalue weighted by Crippen LogP contribution is -2.07. The van der Waals surface area contributed by atoms with Crippen molar-refractivity contribution in [2.75, 3.05) is 0 Å². The van der Waals surface area contributed by atoms with Gasteiger partial charge >= 0.3 is 0 Å². The molecule has 4 nitrogen and oxygen atoms in total. The van der Waals surface area contributed by atoms with Crippen molar-refractivity contribution in [3.63, 3.8) is 0 Å². The predicted molar refractivity (Wildman–Crippen MR) is 59.8 cm³/mol. The molecule has 90 valence electrons. The second-order valence-electron chi connectivity index (χ2n) is 3.63. The van der Waals surface area contributed by atoms with Gasteiger partial charge in [0, 0.05) is 9.79 Å². The summed E-state index contributed by atoms with van der Waals surface area (Å²) in [6, 6.07) is 0. The van der Waals surface area contributed by atoms with Crippen molar-refractivity contribution < 1.29 is 17.5 Å². The van der Waals surface area contributed by atoms with Crippen molar-refractivity contribution in [2.24, 2.45) is 0 Å². The maximum absolute atomic E-state index is 11.1. The molecule has 0 fully saturated rings. The Morgan fingerprint density at radius 2 is 1.00 bits per heavy atom. The molecule has 2 unspecified atom stereocenters. The second-order valence-corrected chi connectivity index (χ2v) is 5.38. The van der Waals surface area contributed by atoms with E-state index in [9.17, 15) is 17.5 Å². The Labute approximate surface area is 99.6 Å². The summed E-state index contributed by atoms with van der Waals surface area (Å²) in [6.45, 7) is 6.59. The van der Waals surface area contributed by atoms with E-state index in [2.05, 4.69) is 0 Å². The minimum absolute atomic E-state index is 0.0855. The van der Waals surface area contributed by atoms with Gasteiger partial charge < -0.3 is 9.11 Å². The molecule has 2 atom stereocenters.